The lowest BCUT2D eigenvalue weighted by molar-refractivity contribution is -0.910. The molecule has 1 aliphatic rings. The Labute approximate surface area is 131 Å². The molecule has 3 heteroatoms. The van der Waals surface area contributed by atoms with E-state index >= 15 is 0 Å². The summed E-state index contributed by atoms with van der Waals surface area (Å²) in [4.78, 5) is 0. The first-order valence-electron chi connectivity index (χ1n) is 7.38. The van der Waals surface area contributed by atoms with Gasteiger partial charge in [-0.15, -0.1) is 11.6 Å². The van der Waals surface area contributed by atoms with Crippen molar-refractivity contribution in [3.63, 3.8) is 0 Å². The average molecular weight is 303 g/mol. The van der Waals surface area contributed by atoms with Gasteiger partial charge in [-0.25, -0.2) is 0 Å². The second-order valence-corrected chi connectivity index (χ2v) is 6.60. The molecule has 0 bridgehead atoms. The van der Waals surface area contributed by atoms with Crippen molar-refractivity contribution in [3.8, 4) is 0 Å². The van der Waals surface area contributed by atoms with Crippen LogP contribution in [0.4, 0.5) is 0 Å². The third-order valence-corrected chi connectivity index (χ3v) is 5.09. The van der Waals surface area contributed by atoms with Crippen molar-refractivity contribution in [2.24, 2.45) is 0 Å². The van der Waals surface area contributed by atoms with E-state index in [0.29, 0.717) is 0 Å². The van der Waals surface area contributed by atoms with Crippen LogP contribution in [0.5, 0.6) is 0 Å². The van der Waals surface area contributed by atoms with E-state index in [2.05, 4.69) is 32.9 Å². The topological polar surface area (TPSA) is 24.1 Å². The summed E-state index contributed by atoms with van der Waals surface area (Å²) in [6, 6.07) is 4.34. The fourth-order valence-electron chi connectivity index (χ4n) is 3.53. The molecule has 110 valence electrons. The van der Waals surface area contributed by atoms with E-state index in [9.17, 15) is 5.21 Å². The smallest absolute Gasteiger partial charge is 0.259 e. The maximum atomic E-state index is 10.3. The molecule has 0 saturated heterocycles. The van der Waals surface area contributed by atoms with Crippen LogP contribution in [0.1, 0.15) is 50.0 Å². The Bertz CT molecular complexity index is 737. The standard InChI is InChI=1S/C18H21ClNO/c1-10-7-14-5-6-15-13(4)11(2)8-12(3)16(15)17(19)18(14)20(21)9-10/h7-9,17,21H,5-6H2,1-4H3/q+1. The fraction of sp³-hybridized carbons (Fsp3) is 0.389. The van der Waals surface area contributed by atoms with Crippen molar-refractivity contribution in [3.05, 3.63) is 63.0 Å². The zero-order valence-electron chi connectivity index (χ0n) is 13.0. The molecular weight excluding hydrogens is 282 g/mol. The number of alkyl halides is 1. The van der Waals surface area contributed by atoms with Gasteiger partial charge in [-0.2, -0.15) is 0 Å². The van der Waals surface area contributed by atoms with E-state index < -0.39 is 0 Å². The molecule has 1 unspecified atom stereocenters. The number of pyridine rings is 1. The van der Waals surface area contributed by atoms with Gasteiger partial charge in [-0.1, -0.05) is 6.07 Å². The molecule has 0 saturated carbocycles. The minimum absolute atomic E-state index is 0.303. The number of hydrogen-bond acceptors (Lipinski definition) is 1. The zero-order valence-corrected chi connectivity index (χ0v) is 13.8. The lowest BCUT2D eigenvalue weighted by atomic mass is 9.90. The van der Waals surface area contributed by atoms with E-state index in [-0.39, 0.29) is 5.38 Å². The largest absolute Gasteiger partial charge is 0.285 e. The molecule has 1 aliphatic carbocycles. The molecule has 0 radical (unpaired) electrons. The Hall–Kier alpha value is -1.54. The number of halogens is 1. The summed E-state index contributed by atoms with van der Waals surface area (Å²) in [5.74, 6) is 0. The number of rotatable bonds is 0. The van der Waals surface area contributed by atoms with Gasteiger partial charge in [-0.05, 0) is 74.4 Å². The van der Waals surface area contributed by atoms with Crippen LogP contribution >= 0.6 is 11.6 Å². The van der Waals surface area contributed by atoms with Gasteiger partial charge < -0.3 is 0 Å². The molecular formula is C18H21ClNO+. The molecule has 1 aromatic carbocycles. The summed E-state index contributed by atoms with van der Waals surface area (Å²) in [7, 11) is 0. The summed E-state index contributed by atoms with van der Waals surface area (Å²) < 4.78 is 1.21. The first-order valence-corrected chi connectivity index (χ1v) is 7.81. The molecule has 1 atom stereocenters. The Balaban J connectivity index is 2.29. The van der Waals surface area contributed by atoms with Crippen LogP contribution in [0.25, 0.3) is 0 Å². The molecule has 1 heterocycles. The van der Waals surface area contributed by atoms with Crippen molar-refractivity contribution in [2.75, 3.05) is 0 Å². The highest BCUT2D eigenvalue weighted by Crippen LogP contribution is 2.39. The number of fused-ring (bicyclic) bond motifs is 2. The van der Waals surface area contributed by atoms with Gasteiger partial charge in [-0.3, -0.25) is 5.21 Å². The van der Waals surface area contributed by atoms with Crippen LogP contribution in [0, 0.1) is 27.7 Å². The lowest BCUT2D eigenvalue weighted by Gasteiger charge is -2.17. The summed E-state index contributed by atoms with van der Waals surface area (Å²) in [6.07, 6.45) is 3.62. The highest BCUT2D eigenvalue weighted by atomic mass is 35.5. The molecule has 2 aromatic rings. The van der Waals surface area contributed by atoms with Gasteiger partial charge in [0.1, 0.15) is 5.38 Å². The van der Waals surface area contributed by atoms with Gasteiger partial charge in [0, 0.05) is 15.9 Å². The molecule has 21 heavy (non-hydrogen) atoms. The van der Waals surface area contributed by atoms with Crippen LogP contribution < -0.4 is 4.73 Å². The second-order valence-electron chi connectivity index (χ2n) is 6.16. The summed E-state index contributed by atoms with van der Waals surface area (Å²) in [6.45, 7) is 8.43. The summed E-state index contributed by atoms with van der Waals surface area (Å²) in [5.41, 5.74) is 9.38. The van der Waals surface area contributed by atoms with Crippen molar-refractivity contribution in [1.82, 2.24) is 0 Å². The Morgan fingerprint density at radius 1 is 1.10 bits per heavy atom. The van der Waals surface area contributed by atoms with Crippen molar-refractivity contribution in [2.45, 2.75) is 45.9 Å². The monoisotopic (exact) mass is 302 g/mol. The number of hydrogen-bond donors (Lipinski definition) is 1. The van der Waals surface area contributed by atoms with Gasteiger partial charge in [0.25, 0.3) is 5.69 Å². The van der Waals surface area contributed by atoms with E-state index in [4.69, 9.17) is 11.6 Å². The minimum atomic E-state index is -0.303. The minimum Gasteiger partial charge on any atom is -0.285 e. The van der Waals surface area contributed by atoms with Crippen molar-refractivity contribution >= 4 is 11.6 Å². The zero-order chi connectivity index (χ0) is 15.3. The maximum Gasteiger partial charge on any atom is 0.259 e. The Kier molecular flexibility index (Phi) is 3.45. The van der Waals surface area contributed by atoms with Gasteiger partial charge in [0.15, 0.2) is 0 Å². The molecule has 2 nitrogen and oxygen atoms in total. The van der Waals surface area contributed by atoms with Crippen LogP contribution in [0.2, 0.25) is 0 Å². The van der Waals surface area contributed by atoms with Gasteiger partial charge in [0.2, 0.25) is 6.20 Å². The molecule has 0 spiro atoms. The van der Waals surface area contributed by atoms with Gasteiger partial charge in [0.05, 0.1) is 0 Å². The molecule has 1 N–H and O–H groups in total. The predicted octanol–water partition coefficient (Wildman–Crippen LogP) is 3.87. The second kappa shape index (κ2) is 5.03. The van der Waals surface area contributed by atoms with Crippen LogP contribution in [0.15, 0.2) is 18.3 Å². The SMILES string of the molecule is Cc1cc2c([n+](O)c1)C(Cl)c1c(C)cc(C)c(C)c1CC2. The van der Waals surface area contributed by atoms with Crippen molar-refractivity contribution < 1.29 is 9.94 Å². The van der Waals surface area contributed by atoms with Crippen LogP contribution in [-0.2, 0) is 12.8 Å². The Morgan fingerprint density at radius 2 is 1.81 bits per heavy atom. The quantitative estimate of drug-likeness (QED) is 0.446. The van der Waals surface area contributed by atoms with E-state index in [0.717, 1.165) is 29.7 Å². The summed E-state index contributed by atoms with van der Waals surface area (Å²) >= 11 is 6.79. The lowest BCUT2D eigenvalue weighted by Crippen LogP contribution is -2.37. The molecule has 0 fully saturated rings. The van der Waals surface area contributed by atoms with E-state index in [1.807, 2.05) is 6.92 Å². The van der Waals surface area contributed by atoms with Crippen LogP contribution in [-0.4, -0.2) is 5.21 Å². The van der Waals surface area contributed by atoms with E-state index in [1.54, 1.807) is 6.20 Å². The average Bonchev–Trinajstić information content (AvgIpc) is 2.53. The fourth-order valence-corrected chi connectivity index (χ4v) is 4.08. The highest BCUT2D eigenvalue weighted by molar-refractivity contribution is 6.22. The van der Waals surface area contributed by atoms with Crippen molar-refractivity contribution in [1.29, 1.82) is 0 Å². The third-order valence-electron chi connectivity index (χ3n) is 4.67. The van der Waals surface area contributed by atoms with E-state index in [1.165, 1.54) is 32.5 Å². The number of aromatic nitrogens is 1. The number of benzene rings is 1. The third kappa shape index (κ3) is 2.22. The first-order chi connectivity index (χ1) is 9.90. The molecule has 3 rings (SSSR count). The molecule has 0 aliphatic heterocycles. The van der Waals surface area contributed by atoms with Gasteiger partial charge >= 0.3 is 0 Å². The molecule has 1 aromatic heterocycles. The normalized spacial score (nSPS) is 17.1. The highest BCUT2D eigenvalue weighted by Gasteiger charge is 2.33. The number of aryl methyl sites for hydroxylation is 4. The number of nitrogens with zero attached hydrogens (tertiary/aromatic N) is 1. The Morgan fingerprint density at radius 3 is 2.52 bits per heavy atom. The summed E-state index contributed by atoms with van der Waals surface area (Å²) in [5, 5.41) is 10.0. The predicted molar refractivity (Wildman–Crippen MR) is 84.3 cm³/mol. The maximum absolute atomic E-state index is 10.3. The van der Waals surface area contributed by atoms with Crippen LogP contribution in [0.3, 0.4) is 0 Å². The molecule has 0 amide bonds. The first kappa shape index (κ1) is 14.4.